The number of benzene rings is 1. The molecular weight excluding hydrogens is 390 g/mol. The fourth-order valence-electron chi connectivity index (χ4n) is 4.31. The number of aliphatic hydroxyl groups is 1. The van der Waals surface area contributed by atoms with Crippen molar-refractivity contribution in [1.82, 2.24) is 24.5 Å². The second kappa shape index (κ2) is 8.00. The van der Waals surface area contributed by atoms with Crippen LogP contribution in [0.4, 0.5) is 0 Å². The first-order valence-electron chi connectivity index (χ1n) is 10.6. The van der Waals surface area contributed by atoms with E-state index in [-0.39, 0.29) is 11.9 Å². The molecule has 3 heterocycles. The van der Waals surface area contributed by atoms with Gasteiger partial charge in [-0.3, -0.25) is 9.48 Å². The number of carbonyl (C=O) groups is 1. The largest absolute Gasteiger partial charge is 0.391 e. The molecule has 158 valence electrons. The second-order valence-corrected chi connectivity index (χ2v) is 8.25. The van der Waals surface area contributed by atoms with Crippen LogP contribution >= 0.6 is 0 Å². The van der Waals surface area contributed by atoms with Crippen LogP contribution in [0.2, 0.25) is 0 Å². The summed E-state index contributed by atoms with van der Waals surface area (Å²) in [5.41, 5.74) is 5.35. The Morgan fingerprint density at radius 2 is 2.00 bits per heavy atom. The Hall–Kier alpha value is -3.45. The highest BCUT2D eigenvalue weighted by Crippen LogP contribution is 2.22. The number of fused-ring (bicyclic) bond motifs is 1. The minimum absolute atomic E-state index is 0.186. The monoisotopic (exact) mass is 415 g/mol. The Labute approximate surface area is 180 Å². The predicted molar refractivity (Wildman–Crippen MR) is 118 cm³/mol. The number of nitrogens with one attached hydrogen (secondary N) is 1. The average Bonchev–Trinajstić information content (AvgIpc) is 3.50. The van der Waals surface area contributed by atoms with Crippen molar-refractivity contribution < 1.29 is 9.90 Å². The van der Waals surface area contributed by atoms with E-state index in [2.05, 4.69) is 39.7 Å². The molecular formula is C24H25N5O2. The SMILES string of the molecule is Cn1ccc(-c2ccc(Cc3cc(C(=O)N[C@@H]4CCC[C@H]4O)c4nccn4c3)cc2)n1. The molecule has 4 aromatic rings. The number of pyridine rings is 1. The average molecular weight is 415 g/mol. The molecule has 0 spiro atoms. The van der Waals surface area contributed by atoms with Crippen LogP contribution in [0, 0.1) is 0 Å². The molecule has 1 amide bonds. The van der Waals surface area contributed by atoms with E-state index in [1.807, 2.05) is 42.2 Å². The van der Waals surface area contributed by atoms with Gasteiger partial charge in [0, 0.05) is 37.4 Å². The Bertz CT molecular complexity index is 1220. The zero-order valence-electron chi connectivity index (χ0n) is 17.4. The van der Waals surface area contributed by atoms with Gasteiger partial charge in [-0.25, -0.2) is 4.98 Å². The molecule has 7 heteroatoms. The van der Waals surface area contributed by atoms with Crippen molar-refractivity contribution in [2.24, 2.45) is 7.05 Å². The molecule has 1 aliphatic rings. The molecule has 0 unspecified atom stereocenters. The van der Waals surface area contributed by atoms with Gasteiger partial charge in [-0.05, 0) is 48.9 Å². The van der Waals surface area contributed by atoms with E-state index in [0.717, 1.165) is 41.6 Å². The van der Waals surface area contributed by atoms with Crippen molar-refractivity contribution in [3.63, 3.8) is 0 Å². The summed E-state index contributed by atoms with van der Waals surface area (Å²) < 4.78 is 3.68. The Kier molecular flexibility index (Phi) is 5.03. The highest BCUT2D eigenvalue weighted by atomic mass is 16.3. The van der Waals surface area contributed by atoms with Crippen molar-refractivity contribution in [3.05, 3.63) is 77.9 Å². The quantitative estimate of drug-likeness (QED) is 0.525. The smallest absolute Gasteiger partial charge is 0.255 e. The number of aliphatic hydroxyl groups excluding tert-OH is 1. The fourth-order valence-corrected chi connectivity index (χ4v) is 4.31. The van der Waals surface area contributed by atoms with Gasteiger partial charge < -0.3 is 14.8 Å². The number of carbonyl (C=O) groups excluding carboxylic acids is 1. The Morgan fingerprint density at radius 1 is 1.16 bits per heavy atom. The van der Waals surface area contributed by atoms with Gasteiger partial charge in [0.25, 0.3) is 5.91 Å². The van der Waals surface area contributed by atoms with Crippen molar-refractivity contribution in [2.75, 3.05) is 0 Å². The van der Waals surface area contributed by atoms with Gasteiger partial charge in [-0.2, -0.15) is 5.10 Å². The number of imidazole rings is 1. The number of nitrogens with zero attached hydrogens (tertiary/aromatic N) is 4. The standard InChI is InChI=1S/C24H25N5O2/c1-28-11-9-20(27-28)18-7-5-16(6-8-18)13-17-14-19(23-25-10-12-29(23)15-17)24(31)26-21-3-2-4-22(21)30/h5-12,14-15,21-22,30H,2-4,13H2,1H3,(H,26,31)/t21-,22-/m1/s1. The second-order valence-electron chi connectivity index (χ2n) is 8.25. The zero-order valence-corrected chi connectivity index (χ0v) is 17.4. The topological polar surface area (TPSA) is 84.5 Å². The van der Waals surface area contributed by atoms with Gasteiger partial charge in [0.1, 0.15) is 5.65 Å². The molecule has 1 fully saturated rings. The predicted octanol–water partition coefficient (Wildman–Crippen LogP) is 2.97. The molecule has 2 N–H and O–H groups in total. The van der Waals surface area contributed by atoms with Crippen molar-refractivity contribution in [1.29, 1.82) is 0 Å². The lowest BCUT2D eigenvalue weighted by molar-refractivity contribution is 0.0874. The van der Waals surface area contributed by atoms with E-state index in [1.165, 1.54) is 0 Å². The molecule has 31 heavy (non-hydrogen) atoms. The third kappa shape index (κ3) is 3.96. The molecule has 3 aromatic heterocycles. The summed E-state index contributed by atoms with van der Waals surface area (Å²) in [6, 6.07) is 12.0. The van der Waals surface area contributed by atoms with Gasteiger partial charge in [0.2, 0.25) is 0 Å². The van der Waals surface area contributed by atoms with Crippen molar-refractivity contribution >= 4 is 11.6 Å². The maximum Gasteiger partial charge on any atom is 0.255 e. The summed E-state index contributed by atoms with van der Waals surface area (Å²) in [6.07, 6.45) is 10.2. The van der Waals surface area contributed by atoms with E-state index >= 15 is 0 Å². The van der Waals surface area contributed by atoms with Crippen LogP contribution in [0.1, 0.15) is 40.7 Å². The van der Waals surface area contributed by atoms with Crippen molar-refractivity contribution in [2.45, 2.75) is 37.8 Å². The van der Waals surface area contributed by atoms with Crippen LogP contribution in [0.15, 0.2) is 61.2 Å². The van der Waals surface area contributed by atoms with Gasteiger partial charge in [0.15, 0.2) is 0 Å². The zero-order chi connectivity index (χ0) is 21.4. The number of hydrogen-bond donors (Lipinski definition) is 2. The van der Waals surface area contributed by atoms with Crippen LogP contribution in [0.5, 0.6) is 0 Å². The summed E-state index contributed by atoms with van der Waals surface area (Å²) in [7, 11) is 1.91. The maximum atomic E-state index is 13.0. The minimum atomic E-state index is -0.472. The fraction of sp³-hybridized carbons (Fsp3) is 0.292. The van der Waals surface area contributed by atoms with E-state index in [1.54, 1.807) is 10.9 Å². The molecule has 1 aromatic carbocycles. The summed E-state index contributed by atoms with van der Waals surface area (Å²) in [4.78, 5) is 17.3. The molecule has 0 bridgehead atoms. The Balaban J connectivity index is 1.39. The summed E-state index contributed by atoms with van der Waals surface area (Å²) in [5.74, 6) is -0.186. The first kappa shape index (κ1) is 19.5. The number of hydrogen-bond acceptors (Lipinski definition) is 4. The molecule has 1 aliphatic carbocycles. The lowest BCUT2D eigenvalue weighted by Gasteiger charge is -2.17. The molecule has 2 atom stereocenters. The van der Waals surface area contributed by atoms with E-state index in [4.69, 9.17) is 0 Å². The lowest BCUT2D eigenvalue weighted by Crippen LogP contribution is -2.40. The molecule has 0 aliphatic heterocycles. The number of amides is 1. The van der Waals surface area contributed by atoms with Crippen LogP contribution in [-0.2, 0) is 13.5 Å². The summed E-state index contributed by atoms with van der Waals surface area (Å²) >= 11 is 0. The summed E-state index contributed by atoms with van der Waals surface area (Å²) in [5, 5.41) is 17.5. The highest BCUT2D eigenvalue weighted by Gasteiger charge is 2.27. The number of aryl methyl sites for hydroxylation is 1. The number of rotatable bonds is 5. The third-order valence-electron chi connectivity index (χ3n) is 5.96. The first-order chi connectivity index (χ1) is 15.1. The van der Waals surface area contributed by atoms with Gasteiger partial charge >= 0.3 is 0 Å². The molecule has 0 radical (unpaired) electrons. The molecule has 1 saturated carbocycles. The number of aromatic nitrogens is 4. The van der Waals surface area contributed by atoms with Gasteiger partial charge in [-0.1, -0.05) is 24.3 Å². The van der Waals surface area contributed by atoms with E-state index in [9.17, 15) is 9.90 Å². The highest BCUT2D eigenvalue weighted by molar-refractivity contribution is 6.00. The van der Waals surface area contributed by atoms with E-state index in [0.29, 0.717) is 17.6 Å². The normalized spacial score (nSPS) is 18.5. The van der Waals surface area contributed by atoms with E-state index < -0.39 is 6.10 Å². The molecule has 7 nitrogen and oxygen atoms in total. The molecule has 5 rings (SSSR count). The molecule has 0 saturated heterocycles. The van der Waals surface area contributed by atoms with Crippen LogP contribution in [-0.4, -0.2) is 42.3 Å². The maximum absolute atomic E-state index is 13.0. The van der Waals surface area contributed by atoms with Crippen LogP contribution in [0.25, 0.3) is 16.9 Å². The Morgan fingerprint density at radius 3 is 2.71 bits per heavy atom. The van der Waals surface area contributed by atoms with Gasteiger partial charge in [-0.15, -0.1) is 0 Å². The minimum Gasteiger partial charge on any atom is -0.391 e. The first-order valence-corrected chi connectivity index (χ1v) is 10.6. The summed E-state index contributed by atoms with van der Waals surface area (Å²) in [6.45, 7) is 0. The van der Waals surface area contributed by atoms with Crippen LogP contribution in [0.3, 0.4) is 0 Å². The van der Waals surface area contributed by atoms with Gasteiger partial charge in [0.05, 0.1) is 23.4 Å². The lowest BCUT2D eigenvalue weighted by atomic mass is 10.0. The van der Waals surface area contributed by atoms with Crippen molar-refractivity contribution in [3.8, 4) is 11.3 Å². The third-order valence-corrected chi connectivity index (χ3v) is 5.96. The van der Waals surface area contributed by atoms with Crippen LogP contribution < -0.4 is 5.32 Å².